The van der Waals surface area contributed by atoms with Crippen molar-refractivity contribution in [2.24, 2.45) is 12.8 Å². The van der Waals surface area contributed by atoms with Crippen LogP contribution in [-0.4, -0.2) is 9.78 Å². The molecule has 3 aromatic rings. The van der Waals surface area contributed by atoms with Gasteiger partial charge in [0.15, 0.2) is 0 Å². The van der Waals surface area contributed by atoms with E-state index in [1.54, 1.807) is 0 Å². The second kappa shape index (κ2) is 5.28. The number of aryl methyl sites for hydroxylation is 1. The van der Waals surface area contributed by atoms with E-state index < -0.39 is 5.54 Å². The number of benzene rings is 2. The van der Waals surface area contributed by atoms with Crippen LogP contribution in [0.3, 0.4) is 0 Å². The highest BCUT2D eigenvalue weighted by molar-refractivity contribution is 9.10. The molecule has 0 saturated carbocycles. The predicted octanol–water partition coefficient (Wildman–Crippen LogP) is 3.75. The highest BCUT2D eigenvalue weighted by Crippen LogP contribution is 2.30. The Labute approximate surface area is 132 Å². The fourth-order valence-electron chi connectivity index (χ4n) is 2.79. The zero-order chi connectivity index (χ0) is 15.0. The molecule has 0 amide bonds. The lowest BCUT2D eigenvalue weighted by Gasteiger charge is -2.25. The molecule has 3 nitrogen and oxygen atoms in total. The molecule has 21 heavy (non-hydrogen) atoms. The Morgan fingerprint density at radius 3 is 2.57 bits per heavy atom. The quantitative estimate of drug-likeness (QED) is 0.786. The van der Waals surface area contributed by atoms with Crippen molar-refractivity contribution in [2.45, 2.75) is 18.9 Å². The van der Waals surface area contributed by atoms with Crippen molar-refractivity contribution in [3.05, 3.63) is 64.3 Å². The van der Waals surface area contributed by atoms with E-state index in [2.05, 4.69) is 46.2 Å². The van der Waals surface area contributed by atoms with Crippen molar-refractivity contribution in [3.63, 3.8) is 0 Å². The van der Waals surface area contributed by atoms with Gasteiger partial charge in [0, 0.05) is 28.9 Å². The lowest BCUT2D eigenvalue weighted by Crippen LogP contribution is -2.36. The first kappa shape index (κ1) is 14.3. The Kier molecular flexibility index (Phi) is 3.59. The summed E-state index contributed by atoms with van der Waals surface area (Å²) in [5, 5.41) is 5.82. The lowest BCUT2D eigenvalue weighted by atomic mass is 9.88. The van der Waals surface area contributed by atoms with Crippen molar-refractivity contribution in [3.8, 4) is 0 Å². The van der Waals surface area contributed by atoms with Gasteiger partial charge in [0.05, 0.1) is 11.2 Å². The molecule has 108 valence electrons. The summed E-state index contributed by atoms with van der Waals surface area (Å²) < 4.78 is 2.95. The number of halogens is 1. The van der Waals surface area contributed by atoms with Gasteiger partial charge in [0.2, 0.25) is 0 Å². The third kappa shape index (κ3) is 2.61. The first-order valence-electron chi connectivity index (χ1n) is 6.93. The summed E-state index contributed by atoms with van der Waals surface area (Å²) in [7, 11) is 1.97. The van der Waals surface area contributed by atoms with E-state index in [0.29, 0.717) is 6.42 Å². The third-order valence-corrected chi connectivity index (χ3v) is 4.55. The fraction of sp³-hybridized carbons (Fsp3) is 0.235. The van der Waals surface area contributed by atoms with E-state index in [4.69, 9.17) is 5.73 Å². The number of aromatic nitrogens is 2. The Morgan fingerprint density at radius 1 is 1.14 bits per heavy atom. The summed E-state index contributed by atoms with van der Waals surface area (Å²) in [6, 6.07) is 16.4. The van der Waals surface area contributed by atoms with Crippen LogP contribution in [0.15, 0.2) is 53.0 Å². The van der Waals surface area contributed by atoms with Crippen LogP contribution in [-0.2, 0) is 19.0 Å². The van der Waals surface area contributed by atoms with E-state index >= 15 is 0 Å². The zero-order valence-electron chi connectivity index (χ0n) is 12.2. The summed E-state index contributed by atoms with van der Waals surface area (Å²) in [6.45, 7) is 2.05. The highest BCUT2D eigenvalue weighted by Gasteiger charge is 2.26. The van der Waals surface area contributed by atoms with Crippen LogP contribution in [0.5, 0.6) is 0 Å². The molecule has 0 saturated heterocycles. The monoisotopic (exact) mass is 343 g/mol. The van der Waals surface area contributed by atoms with Gasteiger partial charge >= 0.3 is 0 Å². The number of para-hydroxylation sites is 1. The van der Waals surface area contributed by atoms with E-state index in [9.17, 15) is 0 Å². The van der Waals surface area contributed by atoms with Crippen molar-refractivity contribution >= 4 is 26.8 Å². The second-order valence-electron chi connectivity index (χ2n) is 5.66. The summed E-state index contributed by atoms with van der Waals surface area (Å²) in [4.78, 5) is 0. The minimum atomic E-state index is -0.475. The maximum Gasteiger partial charge on any atom is 0.0724 e. The normalized spacial score (nSPS) is 14.3. The van der Waals surface area contributed by atoms with Crippen LogP contribution in [0, 0.1) is 0 Å². The molecule has 0 radical (unpaired) electrons. The number of nitrogens with zero attached hydrogens (tertiary/aromatic N) is 2. The van der Waals surface area contributed by atoms with Crippen molar-refractivity contribution in [1.29, 1.82) is 0 Å². The van der Waals surface area contributed by atoms with Gasteiger partial charge in [-0.2, -0.15) is 5.10 Å². The molecule has 4 heteroatoms. The summed E-state index contributed by atoms with van der Waals surface area (Å²) in [5.41, 5.74) is 9.38. The fourth-order valence-corrected chi connectivity index (χ4v) is 3.52. The van der Waals surface area contributed by atoms with Crippen LogP contribution >= 0.6 is 15.9 Å². The lowest BCUT2D eigenvalue weighted by molar-refractivity contribution is 0.481. The highest BCUT2D eigenvalue weighted by atomic mass is 79.9. The van der Waals surface area contributed by atoms with Crippen LogP contribution in [0.2, 0.25) is 0 Å². The van der Waals surface area contributed by atoms with Gasteiger partial charge < -0.3 is 5.73 Å². The summed E-state index contributed by atoms with van der Waals surface area (Å²) in [5.74, 6) is 0. The van der Waals surface area contributed by atoms with E-state index in [0.717, 1.165) is 21.2 Å². The zero-order valence-corrected chi connectivity index (χ0v) is 13.8. The second-order valence-corrected chi connectivity index (χ2v) is 6.52. The molecule has 0 aliphatic carbocycles. The Bertz CT molecular complexity index is 790. The first-order valence-corrected chi connectivity index (χ1v) is 7.73. The molecule has 0 aliphatic heterocycles. The molecule has 1 heterocycles. The van der Waals surface area contributed by atoms with E-state index in [1.807, 2.05) is 42.1 Å². The summed E-state index contributed by atoms with van der Waals surface area (Å²) in [6.07, 6.45) is 0.691. The molecule has 1 atom stereocenters. The average molecular weight is 344 g/mol. The molecular formula is C17H18BrN3. The summed E-state index contributed by atoms with van der Waals surface area (Å²) >= 11 is 3.59. The smallest absolute Gasteiger partial charge is 0.0724 e. The van der Waals surface area contributed by atoms with Gasteiger partial charge in [-0.05, 0) is 24.6 Å². The molecule has 0 bridgehead atoms. The number of rotatable bonds is 3. The van der Waals surface area contributed by atoms with Crippen molar-refractivity contribution in [1.82, 2.24) is 9.78 Å². The first-order chi connectivity index (χ1) is 9.99. The van der Waals surface area contributed by atoms with Crippen LogP contribution in [0.25, 0.3) is 10.9 Å². The SMILES string of the molecule is Cn1nc(CC(C)(N)c2ccccc2Br)c2ccccc21. The maximum atomic E-state index is 6.59. The van der Waals surface area contributed by atoms with Gasteiger partial charge in [0.1, 0.15) is 0 Å². The minimum absolute atomic E-state index is 0.475. The molecular weight excluding hydrogens is 326 g/mol. The largest absolute Gasteiger partial charge is 0.321 e. The van der Waals surface area contributed by atoms with Crippen LogP contribution in [0.1, 0.15) is 18.2 Å². The number of nitrogens with two attached hydrogens (primary N) is 1. The van der Waals surface area contributed by atoms with Gasteiger partial charge in [-0.25, -0.2) is 0 Å². The van der Waals surface area contributed by atoms with Crippen LogP contribution in [0.4, 0.5) is 0 Å². The molecule has 0 aliphatic rings. The molecule has 0 fully saturated rings. The molecule has 0 spiro atoms. The molecule has 2 N–H and O–H groups in total. The molecule has 1 aromatic heterocycles. The van der Waals surface area contributed by atoms with Gasteiger partial charge in [-0.3, -0.25) is 4.68 Å². The molecule has 3 rings (SSSR count). The van der Waals surface area contributed by atoms with Crippen LogP contribution < -0.4 is 5.73 Å². The van der Waals surface area contributed by atoms with Gasteiger partial charge in [0.25, 0.3) is 0 Å². The Hall–Kier alpha value is -1.65. The van der Waals surface area contributed by atoms with Crippen molar-refractivity contribution < 1.29 is 0 Å². The average Bonchev–Trinajstić information content (AvgIpc) is 2.76. The number of fused-ring (bicyclic) bond motifs is 1. The van der Waals surface area contributed by atoms with Gasteiger partial charge in [-0.15, -0.1) is 0 Å². The molecule has 2 aromatic carbocycles. The van der Waals surface area contributed by atoms with E-state index in [1.165, 1.54) is 5.39 Å². The van der Waals surface area contributed by atoms with Gasteiger partial charge in [-0.1, -0.05) is 52.3 Å². The molecule has 1 unspecified atom stereocenters. The standard InChI is InChI=1S/C17H18BrN3/c1-17(19,13-8-4-5-9-14(13)18)11-15-12-7-3-6-10-16(12)21(2)20-15/h3-10H,11,19H2,1-2H3. The third-order valence-electron chi connectivity index (χ3n) is 3.86. The topological polar surface area (TPSA) is 43.8 Å². The minimum Gasteiger partial charge on any atom is -0.321 e. The maximum absolute atomic E-state index is 6.59. The number of hydrogen-bond donors (Lipinski definition) is 1. The Morgan fingerprint density at radius 2 is 1.81 bits per heavy atom. The predicted molar refractivity (Wildman–Crippen MR) is 90.1 cm³/mol. The van der Waals surface area contributed by atoms with Crippen molar-refractivity contribution in [2.75, 3.05) is 0 Å². The Balaban J connectivity index is 2.04. The van der Waals surface area contributed by atoms with E-state index in [-0.39, 0.29) is 0 Å². The number of hydrogen-bond acceptors (Lipinski definition) is 2.